The largest absolute Gasteiger partial charge is 0.341 e. The summed E-state index contributed by atoms with van der Waals surface area (Å²) in [6, 6.07) is 9.78. The van der Waals surface area contributed by atoms with Crippen LogP contribution in [0.5, 0.6) is 0 Å². The Bertz CT molecular complexity index is 985. The highest BCUT2D eigenvalue weighted by Gasteiger charge is 2.33. The number of thioether (sulfide) groups is 1. The van der Waals surface area contributed by atoms with E-state index in [-0.39, 0.29) is 29.2 Å². The Morgan fingerprint density at radius 1 is 1.17 bits per heavy atom. The fraction of sp³-hybridized carbons (Fsp3) is 0.571. The standard InChI is InChI=1S/C21H28N4O3S2/c1-24(18-12-13-30(27,28)15-18)19(26)14-29-21-22-20(16-8-4-2-5-9-16)25(23-21)17-10-6-3-7-11-17/h3,6-7,10-11,16,18H,2,4-5,8-9,12-15H2,1H3/t18-/m1/s1. The molecule has 1 aromatic heterocycles. The molecule has 7 nitrogen and oxygen atoms in total. The van der Waals surface area contributed by atoms with Gasteiger partial charge in [0.15, 0.2) is 9.84 Å². The van der Waals surface area contributed by atoms with Crippen molar-refractivity contribution in [3.8, 4) is 5.69 Å². The molecule has 0 N–H and O–H groups in total. The first-order chi connectivity index (χ1) is 14.4. The van der Waals surface area contributed by atoms with Crippen LogP contribution < -0.4 is 0 Å². The highest BCUT2D eigenvalue weighted by atomic mass is 32.2. The Balaban J connectivity index is 1.47. The summed E-state index contributed by atoms with van der Waals surface area (Å²) in [5, 5.41) is 5.31. The number of hydrogen-bond donors (Lipinski definition) is 0. The van der Waals surface area contributed by atoms with E-state index in [1.165, 1.54) is 31.0 Å². The van der Waals surface area contributed by atoms with E-state index in [0.29, 0.717) is 17.5 Å². The number of nitrogens with zero attached hydrogens (tertiary/aromatic N) is 4. The molecule has 1 aliphatic heterocycles. The topological polar surface area (TPSA) is 85.2 Å². The smallest absolute Gasteiger partial charge is 0.233 e. The molecule has 4 rings (SSSR count). The number of carbonyl (C=O) groups is 1. The summed E-state index contributed by atoms with van der Waals surface area (Å²) in [4.78, 5) is 19.0. The van der Waals surface area contributed by atoms with Gasteiger partial charge in [0, 0.05) is 19.0 Å². The SMILES string of the molecule is CN(C(=O)CSc1nc(C2CCCCC2)n(-c2ccccc2)n1)[C@@H]1CCS(=O)(=O)C1. The van der Waals surface area contributed by atoms with Crippen molar-refractivity contribution in [2.75, 3.05) is 24.3 Å². The minimum Gasteiger partial charge on any atom is -0.341 e. The van der Waals surface area contributed by atoms with Crippen LogP contribution in [-0.4, -0.2) is 64.3 Å². The number of para-hydroxylation sites is 1. The molecule has 0 radical (unpaired) electrons. The van der Waals surface area contributed by atoms with Crippen molar-refractivity contribution >= 4 is 27.5 Å². The maximum absolute atomic E-state index is 12.6. The molecule has 1 aliphatic carbocycles. The lowest BCUT2D eigenvalue weighted by atomic mass is 9.88. The van der Waals surface area contributed by atoms with E-state index in [1.807, 2.05) is 35.0 Å². The number of aromatic nitrogens is 3. The average molecular weight is 449 g/mol. The summed E-state index contributed by atoms with van der Waals surface area (Å²) in [7, 11) is -1.32. The third-order valence-electron chi connectivity index (χ3n) is 6.06. The van der Waals surface area contributed by atoms with E-state index in [9.17, 15) is 13.2 Å². The molecule has 0 spiro atoms. The number of benzene rings is 1. The molecular weight excluding hydrogens is 420 g/mol. The number of hydrogen-bond acceptors (Lipinski definition) is 6. The molecule has 2 fully saturated rings. The molecule has 1 saturated carbocycles. The highest BCUT2D eigenvalue weighted by molar-refractivity contribution is 7.99. The van der Waals surface area contributed by atoms with E-state index in [2.05, 4.69) is 0 Å². The second-order valence-electron chi connectivity index (χ2n) is 8.19. The number of amides is 1. The molecule has 2 aliphatic rings. The van der Waals surface area contributed by atoms with Crippen molar-refractivity contribution in [2.45, 2.75) is 55.6 Å². The van der Waals surface area contributed by atoms with Crippen molar-refractivity contribution in [1.82, 2.24) is 19.7 Å². The van der Waals surface area contributed by atoms with Crippen LogP contribution in [-0.2, 0) is 14.6 Å². The lowest BCUT2D eigenvalue weighted by molar-refractivity contribution is -0.128. The Kier molecular flexibility index (Phi) is 6.48. The Morgan fingerprint density at radius 3 is 2.57 bits per heavy atom. The predicted molar refractivity (Wildman–Crippen MR) is 118 cm³/mol. The number of sulfone groups is 1. The second-order valence-corrected chi connectivity index (χ2v) is 11.4. The number of rotatable bonds is 6. The van der Waals surface area contributed by atoms with Crippen LogP contribution in [0.1, 0.15) is 50.3 Å². The van der Waals surface area contributed by atoms with Gasteiger partial charge in [-0.3, -0.25) is 4.79 Å². The zero-order valence-electron chi connectivity index (χ0n) is 17.2. The molecule has 1 atom stereocenters. The van der Waals surface area contributed by atoms with Gasteiger partial charge in [0.2, 0.25) is 11.1 Å². The van der Waals surface area contributed by atoms with E-state index in [4.69, 9.17) is 10.1 Å². The first-order valence-corrected chi connectivity index (χ1v) is 13.3. The van der Waals surface area contributed by atoms with Crippen LogP contribution >= 0.6 is 11.8 Å². The normalized spacial score (nSPS) is 21.6. The fourth-order valence-electron chi connectivity index (χ4n) is 4.26. The quantitative estimate of drug-likeness (QED) is 0.632. The third kappa shape index (κ3) is 4.88. The second kappa shape index (κ2) is 9.09. The molecule has 2 heterocycles. The lowest BCUT2D eigenvalue weighted by Crippen LogP contribution is -2.38. The molecule has 2 aromatic rings. The van der Waals surface area contributed by atoms with Gasteiger partial charge in [-0.2, -0.15) is 0 Å². The summed E-state index contributed by atoms with van der Waals surface area (Å²) < 4.78 is 25.3. The Morgan fingerprint density at radius 2 is 1.90 bits per heavy atom. The van der Waals surface area contributed by atoms with E-state index in [0.717, 1.165) is 24.4 Å². The molecule has 1 aromatic carbocycles. The van der Waals surface area contributed by atoms with Gasteiger partial charge in [0.25, 0.3) is 0 Å². The van der Waals surface area contributed by atoms with Gasteiger partial charge in [0.05, 0.1) is 22.9 Å². The number of carbonyl (C=O) groups excluding carboxylic acids is 1. The predicted octanol–water partition coefficient (Wildman–Crippen LogP) is 3.05. The summed E-state index contributed by atoms with van der Waals surface area (Å²) in [5.74, 6) is 1.71. The van der Waals surface area contributed by atoms with Crippen molar-refractivity contribution < 1.29 is 13.2 Å². The van der Waals surface area contributed by atoms with Gasteiger partial charge in [-0.1, -0.05) is 49.2 Å². The molecule has 1 saturated heterocycles. The van der Waals surface area contributed by atoms with Crippen molar-refractivity contribution in [2.24, 2.45) is 0 Å². The van der Waals surface area contributed by atoms with Gasteiger partial charge < -0.3 is 4.90 Å². The van der Waals surface area contributed by atoms with Gasteiger partial charge >= 0.3 is 0 Å². The van der Waals surface area contributed by atoms with Crippen molar-refractivity contribution in [3.63, 3.8) is 0 Å². The van der Waals surface area contributed by atoms with Gasteiger partial charge in [-0.05, 0) is 31.4 Å². The first kappa shape index (κ1) is 21.4. The van der Waals surface area contributed by atoms with Gasteiger partial charge in [-0.15, -0.1) is 5.10 Å². The van der Waals surface area contributed by atoms with Crippen LogP contribution in [0.2, 0.25) is 0 Å². The minimum absolute atomic E-state index is 0.0621. The van der Waals surface area contributed by atoms with Crippen LogP contribution in [0.25, 0.3) is 5.69 Å². The average Bonchev–Trinajstić information content (AvgIpc) is 3.36. The minimum atomic E-state index is -3.02. The monoisotopic (exact) mass is 448 g/mol. The first-order valence-electron chi connectivity index (χ1n) is 10.5. The van der Waals surface area contributed by atoms with E-state index in [1.54, 1.807) is 11.9 Å². The van der Waals surface area contributed by atoms with Crippen LogP contribution in [0.15, 0.2) is 35.5 Å². The summed E-state index contributed by atoms with van der Waals surface area (Å²) in [5.41, 5.74) is 0.983. The van der Waals surface area contributed by atoms with E-state index >= 15 is 0 Å². The van der Waals surface area contributed by atoms with E-state index < -0.39 is 9.84 Å². The highest BCUT2D eigenvalue weighted by Crippen LogP contribution is 2.33. The molecule has 162 valence electrons. The van der Waals surface area contributed by atoms with Crippen molar-refractivity contribution in [1.29, 1.82) is 0 Å². The molecule has 9 heteroatoms. The molecule has 1 amide bonds. The zero-order chi connectivity index (χ0) is 21.1. The van der Waals surface area contributed by atoms with Crippen molar-refractivity contribution in [3.05, 3.63) is 36.2 Å². The Hall–Kier alpha value is -1.87. The summed E-state index contributed by atoms with van der Waals surface area (Å²) >= 11 is 1.33. The third-order valence-corrected chi connectivity index (χ3v) is 8.63. The fourth-order valence-corrected chi connectivity index (χ4v) is 6.79. The summed E-state index contributed by atoms with van der Waals surface area (Å²) in [6.07, 6.45) is 6.45. The van der Waals surface area contributed by atoms with Crippen LogP contribution in [0.3, 0.4) is 0 Å². The van der Waals surface area contributed by atoms with Gasteiger partial charge in [-0.25, -0.2) is 18.1 Å². The Labute approximate surface area is 182 Å². The van der Waals surface area contributed by atoms with Gasteiger partial charge in [0.1, 0.15) is 5.82 Å². The molecule has 0 unspecified atom stereocenters. The molecule has 30 heavy (non-hydrogen) atoms. The maximum Gasteiger partial charge on any atom is 0.233 e. The molecular formula is C21H28N4O3S2. The van der Waals surface area contributed by atoms with Crippen LogP contribution in [0.4, 0.5) is 0 Å². The molecule has 0 bridgehead atoms. The summed E-state index contributed by atoms with van der Waals surface area (Å²) in [6.45, 7) is 0. The maximum atomic E-state index is 12.6. The lowest BCUT2D eigenvalue weighted by Gasteiger charge is -2.22. The van der Waals surface area contributed by atoms with Crippen LogP contribution in [0, 0.1) is 0 Å². The zero-order valence-corrected chi connectivity index (χ0v) is 18.9.